The molecule has 0 N–H and O–H groups in total. The van der Waals surface area contributed by atoms with Gasteiger partial charge in [0.05, 0.1) is 33.1 Å². The molecule has 57 heavy (non-hydrogen) atoms. The van der Waals surface area contributed by atoms with Crippen molar-refractivity contribution in [3.63, 3.8) is 0 Å². The molecule has 0 aliphatic rings. The van der Waals surface area contributed by atoms with Crippen LogP contribution in [0.3, 0.4) is 0 Å². The normalized spacial score (nSPS) is 11.9. The van der Waals surface area contributed by atoms with Crippen LogP contribution in [0, 0.1) is 0 Å². The third kappa shape index (κ3) is 4.86. The van der Waals surface area contributed by atoms with E-state index in [1.165, 1.54) is 93.4 Å². The fourth-order valence-corrected chi connectivity index (χ4v) is 9.25. The second kappa shape index (κ2) is 12.5. The minimum absolute atomic E-state index is 1.15. The molecule has 0 amide bonds. The smallest absolute Gasteiger partial charge is 0.0542 e. The fraction of sp³-hybridized carbons (Fsp3) is 0. The van der Waals surface area contributed by atoms with E-state index in [4.69, 9.17) is 0 Å². The van der Waals surface area contributed by atoms with Crippen molar-refractivity contribution in [2.24, 2.45) is 0 Å². The summed E-state index contributed by atoms with van der Waals surface area (Å²) in [6, 6.07) is 77.4. The molecule has 3 aromatic heterocycles. The molecule has 12 rings (SSSR count). The SMILES string of the molecule is c1ccc(-c2ccc3c(c2)c2cc(-c4ccc5c(c4)c4ccccc4n5-c4ccc5c(c4)c4ccccc4n5-c4ccccc4)ccc2n3-c2ccccc2)cc1. The van der Waals surface area contributed by atoms with Gasteiger partial charge in [0.25, 0.3) is 0 Å². The van der Waals surface area contributed by atoms with E-state index in [0.29, 0.717) is 0 Å². The number of aromatic nitrogens is 3. The van der Waals surface area contributed by atoms with Gasteiger partial charge < -0.3 is 13.7 Å². The summed E-state index contributed by atoms with van der Waals surface area (Å²) in [6.07, 6.45) is 0. The lowest BCUT2D eigenvalue weighted by molar-refractivity contribution is 1.17. The van der Waals surface area contributed by atoms with Gasteiger partial charge in [-0.1, -0.05) is 121 Å². The third-order valence-electron chi connectivity index (χ3n) is 11.8. The van der Waals surface area contributed by atoms with Crippen LogP contribution in [0.4, 0.5) is 0 Å². The van der Waals surface area contributed by atoms with Crippen LogP contribution in [-0.2, 0) is 0 Å². The van der Waals surface area contributed by atoms with Crippen LogP contribution in [-0.4, -0.2) is 13.7 Å². The summed E-state index contributed by atoms with van der Waals surface area (Å²) in [7, 11) is 0. The van der Waals surface area contributed by atoms with Crippen molar-refractivity contribution in [1.82, 2.24) is 13.7 Å². The van der Waals surface area contributed by atoms with Crippen LogP contribution in [0.15, 0.2) is 212 Å². The lowest BCUT2D eigenvalue weighted by Gasteiger charge is -2.11. The first-order valence-electron chi connectivity index (χ1n) is 19.6. The number of rotatable bonds is 5. The highest BCUT2D eigenvalue weighted by Crippen LogP contribution is 2.40. The quantitative estimate of drug-likeness (QED) is 0.168. The van der Waals surface area contributed by atoms with E-state index in [9.17, 15) is 0 Å². The van der Waals surface area contributed by atoms with E-state index < -0.39 is 0 Å². The molecular formula is C54H35N3. The van der Waals surface area contributed by atoms with Gasteiger partial charge in [-0.15, -0.1) is 0 Å². The zero-order valence-corrected chi connectivity index (χ0v) is 31.0. The molecular weight excluding hydrogens is 691 g/mol. The van der Waals surface area contributed by atoms with Crippen molar-refractivity contribution in [2.75, 3.05) is 0 Å². The highest BCUT2D eigenvalue weighted by atomic mass is 15.0. The number of fused-ring (bicyclic) bond motifs is 9. The summed E-state index contributed by atoms with van der Waals surface area (Å²) in [5, 5.41) is 7.48. The maximum Gasteiger partial charge on any atom is 0.0542 e. The molecule has 0 saturated carbocycles. The van der Waals surface area contributed by atoms with Crippen LogP contribution in [0.5, 0.6) is 0 Å². The molecule has 0 bridgehead atoms. The van der Waals surface area contributed by atoms with E-state index in [-0.39, 0.29) is 0 Å². The van der Waals surface area contributed by atoms with Crippen molar-refractivity contribution in [3.8, 4) is 39.3 Å². The average Bonchev–Trinajstić information content (AvgIpc) is 3.92. The molecule has 0 spiro atoms. The molecule has 3 heterocycles. The standard InChI is InChI=1S/C54H35N3/c1-4-14-36(15-5-1)37-24-28-52-46(32-37)47-34-39(26-30-53(47)56(52)41-18-8-3-9-19-41)38-25-29-51-45(33-38)43-20-10-13-23-50(43)57(51)42-27-31-54-48(35-42)44-21-11-12-22-49(44)55(54)40-16-6-2-7-17-40/h1-35H. The predicted molar refractivity (Wildman–Crippen MR) is 240 cm³/mol. The summed E-state index contributed by atoms with van der Waals surface area (Å²) in [5.74, 6) is 0. The lowest BCUT2D eigenvalue weighted by atomic mass is 9.99. The van der Waals surface area contributed by atoms with Crippen LogP contribution in [0.25, 0.3) is 105 Å². The first-order valence-corrected chi connectivity index (χ1v) is 19.6. The topological polar surface area (TPSA) is 14.8 Å². The second-order valence-corrected chi connectivity index (χ2v) is 15.0. The van der Waals surface area contributed by atoms with Gasteiger partial charge >= 0.3 is 0 Å². The second-order valence-electron chi connectivity index (χ2n) is 15.0. The summed E-state index contributed by atoms with van der Waals surface area (Å²) in [5.41, 5.74) is 15.5. The van der Waals surface area contributed by atoms with Gasteiger partial charge in [0.1, 0.15) is 0 Å². The number of para-hydroxylation sites is 4. The zero-order valence-electron chi connectivity index (χ0n) is 31.0. The molecule has 0 radical (unpaired) electrons. The van der Waals surface area contributed by atoms with Crippen LogP contribution in [0.1, 0.15) is 0 Å². The molecule has 0 aliphatic carbocycles. The molecule has 12 aromatic rings. The molecule has 0 aliphatic heterocycles. The maximum absolute atomic E-state index is 2.43. The van der Waals surface area contributed by atoms with Crippen molar-refractivity contribution in [3.05, 3.63) is 212 Å². The highest BCUT2D eigenvalue weighted by molar-refractivity contribution is 6.14. The Morgan fingerprint density at radius 1 is 0.193 bits per heavy atom. The molecule has 0 saturated heterocycles. The highest BCUT2D eigenvalue weighted by Gasteiger charge is 2.18. The minimum atomic E-state index is 1.15. The van der Waals surface area contributed by atoms with Crippen molar-refractivity contribution in [2.45, 2.75) is 0 Å². The monoisotopic (exact) mass is 725 g/mol. The van der Waals surface area contributed by atoms with Crippen LogP contribution < -0.4 is 0 Å². The Morgan fingerprint density at radius 2 is 0.526 bits per heavy atom. The number of hydrogen-bond acceptors (Lipinski definition) is 0. The largest absolute Gasteiger partial charge is 0.309 e. The van der Waals surface area contributed by atoms with Crippen molar-refractivity contribution in [1.29, 1.82) is 0 Å². The molecule has 9 aromatic carbocycles. The Morgan fingerprint density at radius 3 is 1.02 bits per heavy atom. The van der Waals surface area contributed by atoms with E-state index in [0.717, 1.165) is 11.4 Å². The van der Waals surface area contributed by atoms with Gasteiger partial charge in [0.15, 0.2) is 0 Å². The van der Waals surface area contributed by atoms with Crippen molar-refractivity contribution < 1.29 is 0 Å². The summed E-state index contributed by atoms with van der Waals surface area (Å²) in [4.78, 5) is 0. The lowest BCUT2D eigenvalue weighted by Crippen LogP contribution is -1.95. The van der Waals surface area contributed by atoms with E-state index in [1.807, 2.05) is 0 Å². The Labute approximate surface area is 329 Å². The molecule has 0 fully saturated rings. The van der Waals surface area contributed by atoms with Crippen molar-refractivity contribution >= 4 is 65.4 Å². The Kier molecular flexibility index (Phi) is 6.93. The Hall–Kier alpha value is -7.62. The maximum atomic E-state index is 2.43. The molecule has 3 heteroatoms. The van der Waals surface area contributed by atoms with Gasteiger partial charge in [-0.25, -0.2) is 0 Å². The number of nitrogens with zero attached hydrogens (tertiary/aromatic N) is 3. The van der Waals surface area contributed by atoms with Crippen LogP contribution >= 0.6 is 0 Å². The Bertz CT molecular complexity index is 3500. The summed E-state index contributed by atoms with van der Waals surface area (Å²) >= 11 is 0. The first kappa shape index (κ1) is 31.7. The van der Waals surface area contributed by atoms with E-state index >= 15 is 0 Å². The number of benzene rings is 9. The van der Waals surface area contributed by atoms with E-state index in [2.05, 4.69) is 226 Å². The van der Waals surface area contributed by atoms with Crippen LogP contribution in [0.2, 0.25) is 0 Å². The van der Waals surface area contributed by atoms with E-state index in [1.54, 1.807) is 0 Å². The van der Waals surface area contributed by atoms with Gasteiger partial charge in [-0.05, 0) is 113 Å². The Balaban J connectivity index is 1.04. The molecule has 3 nitrogen and oxygen atoms in total. The van der Waals surface area contributed by atoms with Gasteiger partial charge in [-0.3, -0.25) is 0 Å². The minimum Gasteiger partial charge on any atom is -0.309 e. The third-order valence-corrected chi connectivity index (χ3v) is 11.8. The fourth-order valence-electron chi connectivity index (χ4n) is 9.25. The number of hydrogen-bond donors (Lipinski definition) is 0. The molecule has 266 valence electrons. The first-order chi connectivity index (χ1) is 28.3. The zero-order chi connectivity index (χ0) is 37.5. The van der Waals surface area contributed by atoms with Gasteiger partial charge in [0.2, 0.25) is 0 Å². The molecule has 0 atom stereocenters. The predicted octanol–water partition coefficient (Wildman–Crippen LogP) is 14.3. The van der Waals surface area contributed by atoms with Gasteiger partial charge in [0, 0.05) is 49.4 Å². The van der Waals surface area contributed by atoms with Gasteiger partial charge in [-0.2, -0.15) is 0 Å². The summed E-state index contributed by atoms with van der Waals surface area (Å²) in [6.45, 7) is 0. The molecule has 0 unspecified atom stereocenters. The summed E-state index contributed by atoms with van der Waals surface area (Å²) < 4.78 is 7.21. The average molecular weight is 726 g/mol.